The number of nitrogens with zero attached hydrogens (tertiary/aromatic N) is 1. The van der Waals surface area contributed by atoms with Crippen molar-refractivity contribution in [3.05, 3.63) is 22.4 Å². The molecule has 0 radical (unpaired) electrons. The molecule has 3 nitrogen and oxygen atoms in total. The van der Waals surface area contributed by atoms with Crippen molar-refractivity contribution in [1.82, 2.24) is 4.90 Å². The first-order valence-corrected chi connectivity index (χ1v) is 7.27. The molecular formula is C13H21NO2S. The van der Waals surface area contributed by atoms with E-state index in [1.165, 1.54) is 5.56 Å². The minimum Gasteiger partial charge on any atom is -0.390 e. The molecule has 1 aromatic rings. The van der Waals surface area contributed by atoms with E-state index in [1.807, 2.05) is 0 Å². The second-order valence-corrected chi connectivity index (χ2v) is 5.32. The summed E-state index contributed by atoms with van der Waals surface area (Å²) < 4.78 is 5.65. The summed E-state index contributed by atoms with van der Waals surface area (Å²) in [4.78, 5) is 2.34. The van der Waals surface area contributed by atoms with Crippen LogP contribution in [0.25, 0.3) is 0 Å². The lowest BCUT2D eigenvalue weighted by Crippen LogP contribution is -2.47. The normalized spacial score (nSPS) is 23.8. The molecule has 1 saturated heterocycles. The fourth-order valence-electron chi connectivity index (χ4n) is 2.19. The van der Waals surface area contributed by atoms with E-state index in [1.54, 1.807) is 11.3 Å². The average molecular weight is 255 g/mol. The van der Waals surface area contributed by atoms with E-state index in [-0.39, 0.29) is 12.2 Å². The van der Waals surface area contributed by atoms with Crippen LogP contribution < -0.4 is 0 Å². The highest BCUT2D eigenvalue weighted by Gasteiger charge is 2.25. The van der Waals surface area contributed by atoms with Crippen LogP contribution in [0.2, 0.25) is 0 Å². The number of aliphatic hydroxyl groups excluding tert-OH is 1. The summed E-state index contributed by atoms with van der Waals surface area (Å²) in [7, 11) is 0. The molecule has 0 bridgehead atoms. The molecule has 2 atom stereocenters. The Morgan fingerprint density at radius 2 is 2.53 bits per heavy atom. The van der Waals surface area contributed by atoms with Gasteiger partial charge in [-0.1, -0.05) is 6.92 Å². The van der Waals surface area contributed by atoms with Gasteiger partial charge in [-0.05, 0) is 41.8 Å². The quantitative estimate of drug-likeness (QED) is 0.870. The average Bonchev–Trinajstić information content (AvgIpc) is 2.89. The molecule has 0 amide bonds. The smallest absolute Gasteiger partial charge is 0.0961 e. The van der Waals surface area contributed by atoms with Gasteiger partial charge in [-0.15, -0.1) is 0 Å². The third kappa shape index (κ3) is 3.78. The first kappa shape index (κ1) is 13.0. The fourth-order valence-corrected chi connectivity index (χ4v) is 2.89. The highest BCUT2D eigenvalue weighted by Crippen LogP contribution is 2.15. The predicted molar refractivity (Wildman–Crippen MR) is 70.5 cm³/mol. The van der Waals surface area contributed by atoms with Gasteiger partial charge in [0.2, 0.25) is 0 Å². The number of aryl methyl sites for hydroxylation is 1. The molecule has 4 heteroatoms. The maximum absolute atomic E-state index is 10.1. The van der Waals surface area contributed by atoms with E-state index in [9.17, 15) is 5.11 Å². The van der Waals surface area contributed by atoms with Gasteiger partial charge in [0.05, 0.1) is 18.8 Å². The Morgan fingerprint density at radius 1 is 1.65 bits per heavy atom. The highest BCUT2D eigenvalue weighted by atomic mass is 32.1. The lowest BCUT2D eigenvalue weighted by Gasteiger charge is -2.34. The van der Waals surface area contributed by atoms with E-state index in [4.69, 9.17) is 4.74 Å². The first-order chi connectivity index (χ1) is 8.29. The molecule has 1 aliphatic rings. The Hall–Kier alpha value is -0.420. The third-order valence-electron chi connectivity index (χ3n) is 3.36. The van der Waals surface area contributed by atoms with Crippen LogP contribution in [0.3, 0.4) is 0 Å². The largest absolute Gasteiger partial charge is 0.390 e. The van der Waals surface area contributed by atoms with Crippen LogP contribution in [0.4, 0.5) is 0 Å². The van der Waals surface area contributed by atoms with Crippen LogP contribution in [0.1, 0.15) is 18.9 Å². The van der Waals surface area contributed by atoms with E-state index >= 15 is 0 Å². The predicted octanol–water partition coefficient (Wildman–Crippen LogP) is 1.76. The Labute approximate surface area is 107 Å². The maximum Gasteiger partial charge on any atom is 0.0961 e. The monoisotopic (exact) mass is 255 g/mol. The molecule has 96 valence electrons. The molecule has 2 unspecified atom stereocenters. The number of likely N-dealkylation sites (N-methyl/N-ethyl adjacent to an activating group) is 1. The van der Waals surface area contributed by atoms with Crippen LogP contribution in [0.15, 0.2) is 16.8 Å². The third-order valence-corrected chi connectivity index (χ3v) is 4.09. The summed E-state index contributed by atoms with van der Waals surface area (Å²) in [5.74, 6) is 0. The van der Waals surface area contributed by atoms with E-state index in [2.05, 4.69) is 28.7 Å². The summed E-state index contributed by atoms with van der Waals surface area (Å²) in [5.41, 5.74) is 1.32. The molecule has 0 saturated carbocycles. The zero-order valence-corrected chi connectivity index (χ0v) is 11.2. The molecule has 0 aliphatic carbocycles. The van der Waals surface area contributed by atoms with Crippen molar-refractivity contribution in [3.63, 3.8) is 0 Å². The van der Waals surface area contributed by atoms with Crippen molar-refractivity contribution in [2.75, 3.05) is 26.2 Å². The zero-order chi connectivity index (χ0) is 12.1. The Bertz CT molecular complexity index is 315. The van der Waals surface area contributed by atoms with Crippen molar-refractivity contribution in [3.8, 4) is 0 Å². The fraction of sp³-hybridized carbons (Fsp3) is 0.692. The number of aliphatic hydroxyl groups is 1. The molecule has 17 heavy (non-hydrogen) atoms. The minimum absolute atomic E-state index is 0.0117. The molecule has 0 aromatic carbocycles. The van der Waals surface area contributed by atoms with Gasteiger partial charge in [0.1, 0.15) is 0 Å². The van der Waals surface area contributed by atoms with Gasteiger partial charge in [-0.2, -0.15) is 11.3 Å². The number of rotatable bonds is 5. The van der Waals surface area contributed by atoms with Gasteiger partial charge in [0.15, 0.2) is 0 Å². The number of thiophene rings is 1. The van der Waals surface area contributed by atoms with Gasteiger partial charge in [0, 0.05) is 13.1 Å². The summed E-state index contributed by atoms with van der Waals surface area (Å²) in [5, 5.41) is 14.4. The summed E-state index contributed by atoms with van der Waals surface area (Å²) in [6.45, 7) is 5.79. The molecule has 2 rings (SSSR count). The van der Waals surface area contributed by atoms with E-state index in [0.717, 1.165) is 39.1 Å². The maximum atomic E-state index is 10.1. The topological polar surface area (TPSA) is 32.7 Å². The van der Waals surface area contributed by atoms with Crippen LogP contribution in [-0.2, 0) is 11.2 Å². The summed E-state index contributed by atoms with van der Waals surface area (Å²) >= 11 is 1.71. The Kier molecular flexibility index (Phi) is 4.98. The van der Waals surface area contributed by atoms with Gasteiger partial charge in [0.25, 0.3) is 0 Å². The Morgan fingerprint density at radius 3 is 3.24 bits per heavy atom. The lowest BCUT2D eigenvalue weighted by molar-refractivity contribution is -0.0890. The molecule has 1 N–H and O–H groups in total. The van der Waals surface area contributed by atoms with E-state index in [0.29, 0.717) is 0 Å². The lowest BCUT2D eigenvalue weighted by atomic mass is 10.0. The zero-order valence-electron chi connectivity index (χ0n) is 10.3. The number of ether oxygens (including phenoxy) is 1. The molecule has 1 aromatic heterocycles. The van der Waals surface area contributed by atoms with Crippen molar-refractivity contribution in [2.24, 2.45) is 0 Å². The number of hydrogen-bond donors (Lipinski definition) is 1. The SMILES string of the molecule is CCN1CCOC(C(O)CCc2ccsc2)C1. The van der Waals surface area contributed by atoms with Crippen LogP contribution in [0.5, 0.6) is 0 Å². The second-order valence-electron chi connectivity index (χ2n) is 4.54. The van der Waals surface area contributed by atoms with Crippen LogP contribution >= 0.6 is 11.3 Å². The Balaban J connectivity index is 1.76. The number of morpholine rings is 1. The van der Waals surface area contributed by atoms with Gasteiger partial charge in [-0.3, -0.25) is 4.90 Å². The molecule has 2 heterocycles. The number of hydrogen-bond acceptors (Lipinski definition) is 4. The van der Waals surface area contributed by atoms with Crippen molar-refractivity contribution < 1.29 is 9.84 Å². The second kappa shape index (κ2) is 6.50. The molecule has 0 spiro atoms. The van der Waals surface area contributed by atoms with E-state index < -0.39 is 0 Å². The van der Waals surface area contributed by atoms with Gasteiger partial charge >= 0.3 is 0 Å². The van der Waals surface area contributed by atoms with Crippen LogP contribution in [0, 0.1) is 0 Å². The standard InChI is InChI=1S/C13H21NO2S/c1-2-14-6-7-16-13(9-14)12(15)4-3-11-5-8-17-10-11/h5,8,10,12-13,15H,2-4,6-7,9H2,1H3. The van der Waals surface area contributed by atoms with Crippen LogP contribution in [-0.4, -0.2) is 48.5 Å². The van der Waals surface area contributed by atoms with Crippen molar-refractivity contribution in [1.29, 1.82) is 0 Å². The molecule has 1 fully saturated rings. The minimum atomic E-state index is -0.343. The molecular weight excluding hydrogens is 234 g/mol. The van der Waals surface area contributed by atoms with Crippen molar-refractivity contribution >= 4 is 11.3 Å². The first-order valence-electron chi connectivity index (χ1n) is 6.32. The highest BCUT2D eigenvalue weighted by molar-refractivity contribution is 7.07. The van der Waals surface area contributed by atoms with Gasteiger partial charge < -0.3 is 9.84 Å². The molecule has 1 aliphatic heterocycles. The summed E-state index contributed by atoms with van der Waals surface area (Å²) in [6, 6.07) is 2.12. The van der Waals surface area contributed by atoms with Crippen molar-refractivity contribution in [2.45, 2.75) is 32.0 Å². The summed E-state index contributed by atoms with van der Waals surface area (Å²) in [6.07, 6.45) is 1.38. The van der Waals surface area contributed by atoms with Gasteiger partial charge in [-0.25, -0.2) is 0 Å².